The highest BCUT2D eigenvalue weighted by molar-refractivity contribution is 7.75. The number of hydrogen-bond acceptors (Lipinski definition) is 2. The van der Waals surface area contributed by atoms with Gasteiger partial charge in [0.1, 0.15) is 0 Å². The van der Waals surface area contributed by atoms with Gasteiger partial charge < -0.3 is 9.42 Å². The van der Waals surface area contributed by atoms with Gasteiger partial charge in [-0.25, -0.2) is 0 Å². The van der Waals surface area contributed by atoms with E-state index in [0.29, 0.717) is 0 Å². The molecule has 7 heavy (non-hydrogen) atoms. The summed E-state index contributed by atoms with van der Waals surface area (Å²) in [4.78, 5) is 8.33. The van der Waals surface area contributed by atoms with Crippen LogP contribution in [0, 0.1) is 0 Å². The molecule has 0 aromatic heterocycles. The molecule has 0 aliphatic carbocycles. The van der Waals surface area contributed by atoms with E-state index in [1.807, 2.05) is 13.8 Å². The number of halogens is 1. The highest BCUT2D eigenvalue weighted by atomic mass is 35.7. The summed E-state index contributed by atoms with van der Waals surface area (Å²) >= 11 is 5.07. The summed E-state index contributed by atoms with van der Waals surface area (Å²) in [7, 11) is -1.67. The van der Waals surface area contributed by atoms with Crippen molar-refractivity contribution in [2.45, 2.75) is 20.0 Å². The molecule has 0 fully saturated rings. The summed E-state index contributed by atoms with van der Waals surface area (Å²) < 4.78 is 4.64. The summed E-state index contributed by atoms with van der Waals surface area (Å²) in [6.45, 7) is 3.63. The summed E-state index contributed by atoms with van der Waals surface area (Å²) in [5.74, 6) is 0. The first-order chi connectivity index (χ1) is 3.13. The molecule has 0 radical (unpaired) electrons. The predicted octanol–water partition coefficient (Wildman–Crippen LogP) is 1.87. The van der Waals surface area contributed by atoms with E-state index in [1.54, 1.807) is 0 Å². The fraction of sp³-hybridized carbons (Fsp3) is 1.00. The maximum atomic E-state index is 8.33. The van der Waals surface area contributed by atoms with Crippen molar-refractivity contribution in [2.75, 3.05) is 0 Å². The van der Waals surface area contributed by atoms with Gasteiger partial charge in [-0.2, -0.15) is 0 Å². The predicted molar refractivity (Wildman–Crippen MR) is 31.2 cm³/mol. The van der Waals surface area contributed by atoms with E-state index in [-0.39, 0.29) is 6.10 Å². The molecule has 0 aliphatic rings. The lowest BCUT2D eigenvalue weighted by Crippen LogP contribution is -1.93. The molecule has 1 atom stereocenters. The normalized spacial score (nSPS) is 15.0. The molecule has 1 N–H and O–H groups in total. The van der Waals surface area contributed by atoms with Crippen molar-refractivity contribution < 1.29 is 9.42 Å². The van der Waals surface area contributed by atoms with Crippen LogP contribution in [0.4, 0.5) is 0 Å². The first kappa shape index (κ1) is 7.64. The summed E-state index contributed by atoms with van der Waals surface area (Å²) in [5, 5.41) is 0. The van der Waals surface area contributed by atoms with Gasteiger partial charge >= 0.3 is 0 Å². The largest absolute Gasteiger partial charge is 0.338 e. The lowest BCUT2D eigenvalue weighted by atomic mass is 10.5. The maximum Gasteiger partial charge on any atom is 0.274 e. The Morgan fingerprint density at radius 3 is 2.14 bits per heavy atom. The van der Waals surface area contributed by atoms with Gasteiger partial charge in [-0.3, -0.25) is 0 Å². The molecule has 2 nitrogen and oxygen atoms in total. The minimum absolute atomic E-state index is 0.0219. The Balaban J connectivity index is 2.95. The molecule has 0 aliphatic heterocycles. The average Bonchev–Trinajstić information content (AvgIpc) is 1.27. The monoisotopic (exact) mass is 142 g/mol. The molecule has 0 heterocycles. The zero-order valence-electron chi connectivity index (χ0n) is 4.26. The molecule has 0 saturated carbocycles. The minimum Gasteiger partial charge on any atom is -0.338 e. The van der Waals surface area contributed by atoms with Crippen LogP contribution in [0.3, 0.4) is 0 Å². The van der Waals surface area contributed by atoms with E-state index in [1.165, 1.54) is 0 Å². The molecule has 0 spiro atoms. The van der Waals surface area contributed by atoms with Gasteiger partial charge in [-0.1, -0.05) is 0 Å². The number of rotatable bonds is 2. The Kier molecular flexibility index (Phi) is 3.95. The molecular formula is C3H8ClO2P. The Morgan fingerprint density at radius 1 is 1.71 bits per heavy atom. The Labute approximate surface area is 49.1 Å². The average molecular weight is 143 g/mol. The van der Waals surface area contributed by atoms with Crippen molar-refractivity contribution in [3.8, 4) is 0 Å². The standard InChI is InChI=1S/C3H8ClO2P/c1-3(2)6-7(4)5/h3,5H,1-2H3. The molecule has 0 amide bonds. The third-order valence-electron chi connectivity index (χ3n) is 0.298. The van der Waals surface area contributed by atoms with Crippen molar-refractivity contribution in [1.82, 2.24) is 0 Å². The fourth-order valence-corrected chi connectivity index (χ4v) is 1.000. The van der Waals surface area contributed by atoms with E-state index in [4.69, 9.17) is 16.1 Å². The van der Waals surface area contributed by atoms with Gasteiger partial charge in [-0.15, -0.1) is 0 Å². The summed E-state index contributed by atoms with van der Waals surface area (Å²) in [5.41, 5.74) is 0. The molecule has 0 rings (SSSR count). The van der Waals surface area contributed by atoms with Gasteiger partial charge in [0, 0.05) is 0 Å². The molecule has 1 unspecified atom stereocenters. The van der Waals surface area contributed by atoms with Gasteiger partial charge in [-0.05, 0) is 25.1 Å². The van der Waals surface area contributed by atoms with Crippen molar-refractivity contribution in [3.63, 3.8) is 0 Å². The highest BCUT2D eigenvalue weighted by Gasteiger charge is 2.00. The summed E-state index contributed by atoms with van der Waals surface area (Å²) in [6.07, 6.45) is 0.0219. The van der Waals surface area contributed by atoms with E-state index in [0.717, 1.165) is 0 Å². The first-order valence-corrected chi connectivity index (χ1v) is 4.06. The Morgan fingerprint density at radius 2 is 2.14 bits per heavy atom. The van der Waals surface area contributed by atoms with E-state index in [2.05, 4.69) is 4.52 Å². The minimum atomic E-state index is -1.67. The zero-order valence-corrected chi connectivity index (χ0v) is 5.91. The van der Waals surface area contributed by atoms with Crippen molar-refractivity contribution >= 4 is 19.0 Å². The third-order valence-corrected chi connectivity index (χ3v) is 1.13. The van der Waals surface area contributed by atoms with Crippen LogP contribution in [-0.2, 0) is 4.52 Å². The lowest BCUT2D eigenvalue weighted by molar-refractivity contribution is 0.249. The van der Waals surface area contributed by atoms with Crippen LogP contribution in [0.5, 0.6) is 0 Å². The van der Waals surface area contributed by atoms with Crippen LogP contribution < -0.4 is 0 Å². The molecule has 4 heteroatoms. The van der Waals surface area contributed by atoms with Crippen molar-refractivity contribution in [2.24, 2.45) is 0 Å². The maximum absolute atomic E-state index is 8.33. The first-order valence-electron chi connectivity index (χ1n) is 1.94. The highest BCUT2D eigenvalue weighted by Crippen LogP contribution is 2.37. The second kappa shape index (κ2) is 3.62. The second-order valence-electron chi connectivity index (χ2n) is 1.38. The Bertz CT molecular complexity index is 42.2. The van der Waals surface area contributed by atoms with E-state index < -0.39 is 7.73 Å². The van der Waals surface area contributed by atoms with Gasteiger partial charge in [0.25, 0.3) is 7.73 Å². The van der Waals surface area contributed by atoms with Gasteiger partial charge in [0.05, 0.1) is 6.10 Å². The molecule has 0 bridgehead atoms. The van der Waals surface area contributed by atoms with Crippen LogP contribution in [0.2, 0.25) is 0 Å². The third kappa shape index (κ3) is 6.64. The second-order valence-corrected chi connectivity index (χ2v) is 2.91. The quantitative estimate of drug-likeness (QED) is 0.597. The lowest BCUT2D eigenvalue weighted by Gasteiger charge is -2.04. The molecule has 44 valence electrons. The van der Waals surface area contributed by atoms with Crippen LogP contribution in [0.15, 0.2) is 0 Å². The molecule has 0 saturated heterocycles. The SMILES string of the molecule is CC(C)OP(O)Cl. The summed E-state index contributed by atoms with van der Waals surface area (Å²) in [6, 6.07) is 0. The van der Waals surface area contributed by atoms with Crippen LogP contribution in [0.1, 0.15) is 13.8 Å². The van der Waals surface area contributed by atoms with E-state index in [9.17, 15) is 0 Å². The van der Waals surface area contributed by atoms with Crippen molar-refractivity contribution in [3.05, 3.63) is 0 Å². The number of hydrogen-bond donors (Lipinski definition) is 1. The molecule has 0 aromatic rings. The molecular weight excluding hydrogens is 134 g/mol. The van der Waals surface area contributed by atoms with Gasteiger partial charge in [0.2, 0.25) is 0 Å². The topological polar surface area (TPSA) is 29.5 Å². The van der Waals surface area contributed by atoms with Crippen LogP contribution >= 0.6 is 19.0 Å². The van der Waals surface area contributed by atoms with Gasteiger partial charge in [0.15, 0.2) is 0 Å². The molecule has 0 aromatic carbocycles. The smallest absolute Gasteiger partial charge is 0.274 e. The fourth-order valence-electron chi connectivity index (χ4n) is 0.174. The zero-order chi connectivity index (χ0) is 5.86. The van der Waals surface area contributed by atoms with Crippen LogP contribution in [-0.4, -0.2) is 11.0 Å². The van der Waals surface area contributed by atoms with E-state index >= 15 is 0 Å². The van der Waals surface area contributed by atoms with Crippen LogP contribution in [0.25, 0.3) is 0 Å². The van der Waals surface area contributed by atoms with Crippen molar-refractivity contribution in [1.29, 1.82) is 0 Å². The Hall–Kier alpha value is 0.640.